The van der Waals surface area contributed by atoms with E-state index in [9.17, 15) is 14.7 Å². The predicted molar refractivity (Wildman–Crippen MR) is 140 cm³/mol. The molecule has 1 atom stereocenters. The molecule has 2 aromatic carbocycles. The number of hydrogen-bond donors (Lipinski definition) is 2. The number of nitrogens with one attached hydrogen (secondary N) is 1. The van der Waals surface area contributed by atoms with E-state index in [2.05, 4.69) is 53.8 Å². The third kappa shape index (κ3) is 5.84. The molecule has 35 heavy (non-hydrogen) atoms. The maximum absolute atomic E-state index is 13.0. The fourth-order valence-corrected chi connectivity index (χ4v) is 5.10. The lowest BCUT2D eigenvalue weighted by Crippen LogP contribution is -2.44. The van der Waals surface area contributed by atoms with Gasteiger partial charge in [-0.25, -0.2) is 0 Å². The first kappa shape index (κ1) is 25.2. The van der Waals surface area contributed by atoms with Crippen LogP contribution in [-0.4, -0.2) is 47.6 Å². The summed E-state index contributed by atoms with van der Waals surface area (Å²) < 4.78 is 0. The second-order valence-corrected chi connectivity index (χ2v) is 10.8. The first-order valence-corrected chi connectivity index (χ1v) is 12.9. The van der Waals surface area contributed by atoms with Gasteiger partial charge in [0.15, 0.2) is 0 Å². The predicted octanol–water partition coefficient (Wildman–Crippen LogP) is 4.51. The SMILES string of the molecule is CC(C)(C)C(=O)N[C@H](CO)CCC(=O)N1CCC(=C2c3ccccc3CCc3ccccc32)CC1. The summed E-state index contributed by atoms with van der Waals surface area (Å²) >= 11 is 0. The highest BCUT2D eigenvalue weighted by Gasteiger charge is 2.27. The molecule has 5 heteroatoms. The van der Waals surface area contributed by atoms with Crippen molar-refractivity contribution in [3.63, 3.8) is 0 Å². The molecule has 1 heterocycles. The normalized spacial score (nSPS) is 16.7. The van der Waals surface area contributed by atoms with Gasteiger partial charge < -0.3 is 15.3 Å². The van der Waals surface area contributed by atoms with Crippen LogP contribution in [0.1, 0.15) is 68.7 Å². The van der Waals surface area contributed by atoms with E-state index in [1.807, 2.05) is 25.7 Å². The van der Waals surface area contributed by atoms with E-state index in [4.69, 9.17) is 0 Å². The number of nitrogens with zero attached hydrogens (tertiary/aromatic N) is 1. The lowest BCUT2D eigenvalue weighted by atomic mass is 9.86. The molecule has 1 saturated heterocycles. The summed E-state index contributed by atoms with van der Waals surface area (Å²) in [5, 5.41) is 12.6. The minimum absolute atomic E-state index is 0.0965. The molecule has 0 saturated carbocycles. The standard InChI is InChI=1S/C30H38N2O3/c1-30(2,3)29(35)31-24(20-33)14-15-27(34)32-18-16-23(17-19-32)28-25-10-6-4-8-21(25)12-13-22-9-5-7-11-26(22)28/h4-11,24,33H,12-20H2,1-3H3,(H,31,35)/t24-/m0/s1. The van der Waals surface area contributed by atoms with Crippen LogP contribution in [0.4, 0.5) is 0 Å². The van der Waals surface area contributed by atoms with Gasteiger partial charge in [-0.05, 0) is 59.9 Å². The van der Waals surface area contributed by atoms with Gasteiger partial charge in [-0.15, -0.1) is 0 Å². The molecule has 2 amide bonds. The summed E-state index contributed by atoms with van der Waals surface area (Å²) in [5.74, 6) is -0.0126. The Morgan fingerprint density at radius 3 is 1.97 bits per heavy atom. The summed E-state index contributed by atoms with van der Waals surface area (Å²) in [6.45, 7) is 6.77. The minimum Gasteiger partial charge on any atom is -0.394 e. The molecule has 1 aliphatic heterocycles. The number of likely N-dealkylation sites (tertiary alicyclic amines) is 1. The molecule has 2 N–H and O–H groups in total. The molecule has 5 nitrogen and oxygen atoms in total. The van der Waals surface area contributed by atoms with E-state index in [1.165, 1.54) is 33.4 Å². The average molecular weight is 475 g/mol. The highest BCUT2D eigenvalue weighted by molar-refractivity contribution is 5.86. The van der Waals surface area contributed by atoms with Crippen molar-refractivity contribution in [2.75, 3.05) is 19.7 Å². The Hall–Kier alpha value is -2.92. The zero-order valence-electron chi connectivity index (χ0n) is 21.3. The van der Waals surface area contributed by atoms with Crippen LogP contribution in [0.25, 0.3) is 5.57 Å². The molecule has 186 valence electrons. The molecule has 2 aliphatic rings. The number of amides is 2. The van der Waals surface area contributed by atoms with Gasteiger partial charge in [0.25, 0.3) is 0 Å². The third-order valence-electron chi connectivity index (χ3n) is 7.25. The number of fused-ring (bicyclic) bond motifs is 2. The Balaban J connectivity index is 1.45. The van der Waals surface area contributed by atoms with E-state index in [1.54, 1.807) is 0 Å². The lowest BCUT2D eigenvalue weighted by Gasteiger charge is -2.31. The second kappa shape index (κ2) is 10.8. The fraction of sp³-hybridized carbons (Fsp3) is 0.467. The monoisotopic (exact) mass is 474 g/mol. The number of aliphatic hydroxyl groups excluding tert-OH is 1. The Morgan fingerprint density at radius 1 is 0.914 bits per heavy atom. The van der Waals surface area contributed by atoms with Gasteiger partial charge >= 0.3 is 0 Å². The summed E-state index contributed by atoms with van der Waals surface area (Å²) in [7, 11) is 0. The van der Waals surface area contributed by atoms with Crippen LogP contribution in [0, 0.1) is 5.41 Å². The number of hydrogen-bond acceptors (Lipinski definition) is 3. The molecule has 1 fully saturated rings. The van der Waals surface area contributed by atoms with Crippen molar-refractivity contribution in [2.24, 2.45) is 5.41 Å². The first-order valence-electron chi connectivity index (χ1n) is 12.9. The van der Waals surface area contributed by atoms with Crippen molar-refractivity contribution in [2.45, 2.75) is 65.3 Å². The molecule has 0 spiro atoms. The van der Waals surface area contributed by atoms with Gasteiger partial charge in [-0.1, -0.05) is 74.9 Å². The molecule has 1 aliphatic carbocycles. The number of carbonyl (C=O) groups excluding carboxylic acids is 2. The van der Waals surface area contributed by atoms with Crippen LogP contribution in [-0.2, 0) is 22.4 Å². The molecular formula is C30H38N2O3. The second-order valence-electron chi connectivity index (χ2n) is 10.8. The Labute approximate surface area is 209 Å². The number of rotatable bonds is 5. The maximum atomic E-state index is 13.0. The largest absolute Gasteiger partial charge is 0.394 e. The third-order valence-corrected chi connectivity index (χ3v) is 7.25. The zero-order chi connectivity index (χ0) is 25.0. The van der Waals surface area contributed by atoms with Crippen LogP contribution in [0.5, 0.6) is 0 Å². The average Bonchev–Trinajstić information content (AvgIpc) is 3.02. The summed E-state index contributed by atoms with van der Waals surface area (Å²) in [4.78, 5) is 27.1. The smallest absolute Gasteiger partial charge is 0.225 e. The maximum Gasteiger partial charge on any atom is 0.225 e. The first-order chi connectivity index (χ1) is 16.8. The molecule has 4 rings (SSSR count). The molecule has 0 unspecified atom stereocenters. The number of benzene rings is 2. The minimum atomic E-state index is -0.524. The summed E-state index contributed by atoms with van der Waals surface area (Å²) in [6.07, 6.45) is 4.61. The zero-order valence-corrected chi connectivity index (χ0v) is 21.3. The van der Waals surface area contributed by atoms with Crippen molar-refractivity contribution in [1.82, 2.24) is 10.2 Å². The number of aryl methyl sites for hydroxylation is 2. The van der Waals surface area contributed by atoms with E-state index in [0.717, 1.165) is 25.7 Å². The van der Waals surface area contributed by atoms with Gasteiger partial charge in [0, 0.05) is 24.9 Å². The van der Waals surface area contributed by atoms with E-state index >= 15 is 0 Å². The van der Waals surface area contributed by atoms with E-state index < -0.39 is 11.5 Å². The summed E-state index contributed by atoms with van der Waals surface area (Å²) in [6, 6.07) is 17.1. The van der Waals surface area contributed by atoms with Crippen molar-refractivity contribution >= 4 is 17.4 Å². The number of piperidine rings is 1. The molecule has 0 radical (unpaired) electrons. The van der Waals surface area contributed by atoms with Crippen molar-refractivity contribution in [3.05, 3.63) is 76.4 Å². The van der Waals surface area contributed by atoms with Crippen LogP contribution in [0.15, 0.2) is 54.1 Å². The van der Waals surface area contributed by atoms with Gasteiger partial charge in [0.1, 0.15) is 0 Å². The highest BCUT2D eigenvalue weighted by atomic mass is 16.3. The van der Waals surface area contributed by atoms with Crippen LogP contribution >= 0.6 is 0 Å². The summed E-state index contributed by atoms with van der Waals surface area (Å²) in [5.41, 5.74) is 7.76. The molecule has 2 aromatic rings. The van der Waals surface area contributed by atoms with Crippen LogP contribution in [0.2, 0.25) is 0 Å². The van der Waals surface area contributed by atoms with Crippen LogP contribution in [0.3, 0.4) is 0 Å². The van der Waals surface area contributed by atoms with Crippen molar-refractivity contribution in [1.29, 1.82) is 0 Å². The van der Waals surface area contributed by atoms with E-state index in [0.29, 0.717) is 25.9 Å². The Kier molecular flexibility index (Phi) is 7.75. The van der Waals surface area contributed by atoms with Gasteiger partial charge in [-0.3, -0.25) is 9.59 Å². The lowest BCUT2D eigenvalue weighted by molar-refractivity contribution is -0.133. The number of aliphatic hydroxyl groups is 1. The van der Waals surface area contributed by atoms with Gasteiger partial charge in [-0.2, -0.15) is 0 Å². The molecule has 0 bridgehead atoms. The Morgan fingerprint density at radius 2 is 1.46 bits per heavy atom. The topological polar surface area (TPSA) is 69.6 Å². The molecular weight excluding hydrogens is 436 g/mol. The molecule has 0 aromatic heterocycles. The van der Waals surface area contributed by atoms with Crippen LogP contribution < -0.4 is 5.32 Å². The Bertz CT molecular complexity index is 1050. The van der Waals surface area contributed by atoms with Gasteiger partial charge in [0.05, 0.1) is 12.6 Å². The van der Waals surface area contributed by atoms with E-state index in [-0.39, 0.29) is 18.4 Å². The van der Waals surface area contributed by atoms with Crippen molar-refractivity contribution < 1.29 is 14.7 Å². The fourth-order valence-electron chi connectivity index (χ4n) is 5.10. The quantitative estimate of drug-likeness (QED) is 0.670. The highest BCUT2D eigenvalue weighted by Crippen LogP contribution is 2.38. The number of carbonyl (C=O) groups is 2. The van der Waals surface area contributed by atoms with Crippen molar-refractivity contribution in [3.8, 4) is 0 Å². The van der Waals surface area contributed by atoms with Gasteiger partial charge in [0.2, 0.25) is 11.8 Å².